The first kappa shape index (κ1) is 16.0. The maximum atomic E-state index is 13.6. The second kappa shape index (κ2) is 6.40. The van der Waals surface area contributed by atoms with E-state index in [2.05, 4.69) is 4.72 Å². The van der Waals surface area contributed by atoms with E-state index in [1.807, 2.05) is 13.8 Å². The molecular weight excluding hydrogens is 274 g/mol. The summed E-state index contributed by atoms with van der Waals surface area (Å²) in [5.41, 5.74) is 5.55. The van der Waals surface area contributed by atoms with E-state index in [-0.39, 0.29) is 24.6 Å². The lowest BCUT2D eigenvalue weighted by atomic mass is 10.1. The smallest absolute Gasteiger partial charge is 0.243 e. The lowest BCUT2D eigenvalue weighted by molar-refractivity contribution is 0.478. The Bertz CT molecular complexity index is 547. The van der Waals surface area contributed by atoms with Gasteiger partial charge < -0.3 is 5.73 Å². The molecule has 7 heteroatoms. The minimum absolute atomic E-state index is 0.0644. The molecule has 0 aromatic heterocycles. The van der Waals surface area contributed by atoms with Gasteiger partial charge in [-0.25, -0.2) is 21.9 Å². The topological polar surface area (TPSA) is 72.2 Å². The summed E-state index contributed by atoms with van der Waals surface area (Å²) >= 11 is 0. The highest BCUT2D eigenvalue weighted by Gasteiger charge is 2.23. The van der Waals surface area contributed by atoms with Gasteiger partial charge >= 0.3 is 0 Å². The molecule has 0 amide bonds. The molecule has 1 aromatic carbocycles. The van der Waals surface area contributed by atoms with Gasteiger partial charge in [-0.2, -0.15) is 0 Å². The predicted molar refractivity (Wildman–Crippen MR) is 68.9 cm³/mol. The summed E-state index contributed by atoms with van der Waals surface area (Å²) in [6.07, 6.45) is 0.780. The third-order valence-corrected chi connectivity index (χ3v) is 4.32. The molecule has 1 atom stereocenters. The van der Waals surface area contributed by atoms with E-state index in [0.29, 0.717) is 0 Å². The molecule has 1 unspecified atom stereocenters. The van der Waals surface area contributed by atoms with Crippen LogP contribution < -0.4 is 10.5 Å². The standard InChI is InChI=1S/C12H18F2N2O2S/c1-3-8(2)7-16-19(17,18)11-5-9(6-15)4-10(13)12(11)14/h4-5,8,16H,3,6-7,15H2,1-2H3. The summed E-state index contributed by atoms with van der Waals surface area (Å²) in [6, 6.07) is 1.94. The average molecular weight is 292 g/mol. The molecule has 4 nitrogen and oxygen atoms in total. The minimum Gasteiger partial charge on any atom is -0.326 e. The Morgan fingerprint density at radius 3 is 2.53 bits per heavy atom. The molecule has 0 bridgehead atoms. The molecule has 0 aliphatic carbocycles. The van der Waals surface area contributed by atoms with Crippen LogP contribution in [0.3, 0.4) is 0 Å². The number of rotatable bonds is 6. The number of sulfonamides is 1. The van der Waals surface area contributed by atoms with Gasteiger partial charge in [0.15, 0.2) is 11.6 Å². The highest BCUT2D eigenvalue weighted by atomic mass is 32.2. The second-order valence-corrected chi connectivity index (χ2v) is 6.19. The van der Waals surface area contributed by atoms with Crippen molar-refractivity contribution in [2.75, 3.05) is 6.54 Å². The van der Waals surface area contributed by atoms with Crippen LogP contribution in [0.2, 0.25) is 0 Å². The lowest BCUT2D eigenvalue weighted by Crippen LogP contribution is -2.29. The van der Waals surface area contributed by atoms with Gasteiger partial charge in [-0.1, -0.05) is 20.3 Å². The van der Waals surface area contributed by atoms with Gasteiger partial charge in [0.2, 0.25) is 10.0 Å². The van der Waals surface area contributed by atoms with E-state index in [4.69, 9.17) is 5.73 Å². The SMILES string of the molecule is CCC(C)CNS(=O)(=O)c1cc(CN)cc(F)c1F. The third kappa shape index (κ3) is 3.95. The van der Waals surface area contributed by atoms with Crippen LogP contribution >= 0.6 is 0 Å². The van der Waals surface area contributed by atoms with Gasteiger partial charge in [-0.3, -0.25) is 0 Å². The third-order valence-electron chi connectivity index (χ3n) is 2.90. The van der Waals surface area contributed by atoms with Crippen molar-refractivity contribution in [2.24, 2.45) is 11.7 Å². The Labute approximate surface area is 112 Å². The molecule has 0 aliphatic rings. The normalized spacial score (nSPS) is 13.5. The number of hydrogen-bond acceptors (Lipinski definition) is 3. The molecule has 1 aromatic rings. The van der Waals surface area contributed by atoms with E-state index in [1.165, 1.54) is 0 Å². The number of halogens is 2. The summed E-state index contributed by atoms with van der Waals surface area (Å²) < 4.78 is 53.0. The van der Waals surface area contributed by atoms with Gasteiger partial charge in [0.05, 0.1) is 0 Å². The molecule has 108 valence electrons. The number of benzene rings is 1. The van der Waals surface area contributed by atoms with E-state index in [9.17, 15) is 17.2 Å². The van der Waals surface area contributed by atoms with E-state index < -0.39 is 26.6 Å². The Balaban J connectivity index is 3.10. The highest BCUT2D eigenvalue weighted by molar-refractivity contribution is 7.89. The fourth-order valence-corrected chi connectivity index (χ4v) is 2.70. The van der Waals surface area contributed by atoms with Gasteiger partial charge in [0, 0.05) is 13.1 Å². The van der Waals surface area contributed by atoms with Crippen LogP contribution in [-0.2, 0) is 16.6 Å². The van der Waals surface area contributed by atoms with Crippen LogP contribution in [0.5, 0.6) is 0 Å². The first-order chi connectivity index (χ1) is 8.81. The minimum atomic E-state index is -4.07. The quantitative estimate of drug-likeness (QED) is 0.839. The van der Waals surface area contributed by atoms with Crippen molar-refractivity contribution in [1.29, 1.82) is 0 Å². The summed E-state index contributed by atoms with van der Waals surface area (Å²) in [4.78, 5) is -0.698. The van der Waals surface area contributed by atoms with Gasteiger partial charge in [-0.05, 0) is 23.6 Å². The van der Waals surface area contributed by atoms with E-state index in [1.54, 1.807) is 0 Å². The fourth-order valence-electron chi connectivity index (χ4n) is 1.40. The van der Waals surface area contributed by atoms with Crippen molar-refractivity contribution in [3.05, 3.63) is 29.3 Å². The monoisotopic (exact) mass is 292 g/mol. The van der Waals surface area contributed by atoms with Crippen LogP contribution in [0.4, 0.5) is 8.78 Å². The Morgan fingerprint density at radius 1 is 1.37 bits per heavy atom. The lowest BCUT2D eigenvalue weighted by Gasteiger charge is -2.12. The van der Waals surface area contributed by atoms with Crippen LogP contribution in [-0.4, -0.2) is 15.0 Å². The molecule has 3 N–H and O–H groups in total. The average Bonchev–Trinajstić information content (AvgIpc) is 2.38. The van der Waals surface area contributed by atoms with Gasteiger partial charge in [0.25, 0.3) is 0 Å². The molecule has 0 fully saturated rings. The van der Waals surface area contributed by atoms with Crippen molar-refractivity contribution in [3.63, 3.8) is 0 Å². The summed E-state index contributed by atoms with van der Waals surface area (Å²) in [7, 11) is -4.07. The van der Waals surface area contributed by atoms with Crippen LogP contribution in [0, 0.1) is 17.6 Å². The summed E-state index contributed by atoms with van der Waals surface area (Å²) in [6.45, 7) is 3.88. The van der Waals surface area contributed by atoms with Crippen molar-refractivity contribution >= 4 is 10.0 Å². The second-order valence-electron chi connectivity index (χ2n) is 4.46. The fraction of sp³-hybridized carbons (Fsp3) is 0.500. The molecule has 19 heavy (non-hydrogen) atoms. The zero-order chi connectivity index (χ0) is 14.6. The zero-order valence-corrected chi connectivity index (χ0v) is 11.7. The molecule has 0 saturated carbocycles. The Kier molecular flexibility index (Phi) is 5.39. The van der Waals surface area contributed by atoms with E-state index in [0.717, 1.165) is 18.6 Å². The molecule has 0 aliphatic heterocycles. The largest absolute Gasteiger partial charge is 0.326 e. The maximum absolute atomic E-state index is 13.6. The van der Waals surface area contributed by atoms with Crippen molar-refractivity contribution in [2.45, 2.75) is 31.7 Å². The molecule has 0 radical (unpaired) electrons. The van der Waals surface area contributed by atoms with Gasteiger partial charge in [-0.15, -0.1) is 0 Å². The Morgan fingerprint density at radius 2 is 2.00 bits per heavy atom. The van der Waals surface area contributed by atoms with Crippen molar-refractivity contribution in [1.82, 2.24) is 4.72 Å². The van der Waals surface area contributed by atoms with Crippen LogP contribution in [0.15, 0.2) is 17.0 Å². The molecular formula is C12H18F2N2O2S. The Hall–Kier alpha value is -1.05. The van der Waals surface area contributed by atoms with E-state index >= 15 is 0 Å². The molecule has 1 rings (SSSR count). The first-order valence-corrected chi connectivity index (χ1v) is 7.47. The summed E-state index contributed by atoms with van der Waals surface area (Å²) in [5.74, 6) is -2.49. The first-order valence-electron chi connectivity index (χ1n) is 5.99. The van der Waals surface area contributed by atoms with Crippen LogP contribution in [0.1, 0.15) is 25.8 Å². The summed E-state index contributed by atoms with van der Waals surface area (Å²) in [5, 5.41) is 0. The molecule has 0 saturated heterocycles. The number of nitrogens with one attached hydrogen (secondary N) is 1. The predicted octanol–water partition coefficient (Wildman–Crippen LogP) is 1.75. The van der Waals surface area contributed by atoms with Crippen LogP contribution in [0.25, 0.3) is 0 Å². The van der Waals surface area contributed by atoms with Gasteiger partial charge in [0.1, 0.15) is 4.90 Å². The number of hydrogen-bond donors (Lipinski definition) is 2. The number of nitrogens with two attached hydrogens (primary N) is 1. The van der Waals surface area contributed by atoms with Crippen molar-refractivity contribution in [3.8, 4) is 0 Å². The maximum Gasteiger partial charge on any atom is 0.243 e. The highest BCUT2D eigenvalue weighted by Crippen LogP contribution is 2.20. The molecule has 0 heterocycles. The molecule has 0 spiro atoms. The zero-order valence-electron chi connectivity index (χ0n) is 10.9. The van der Waals surface area contributed by atoms with Crippen molar-refractivity contribution < 1.29 is 17.2 Å².